The maximum absolute atomic E-state index is 13.8. The van der Waals surface area contributed by atoms with Gasteiger partial charge in [0.15, 0.2) is 0 Å². The number of amides is 2. The van der Waals surface area contributed by atoms with E-state index in [9.17, 15) is 14.4 Å². The normalized spacial score (nSPS) is 20.6. The van der Waals surface area contributed by atoms with Crippen LogP contribution in [0.1, 0.15) is 60.9 Å². The van der Waals surface area contributed by atoms with Crippen LogP contribution in [0.5, 0.6) is 0 Å². The van der Waals surface area contributed by atoms with Gasteiger partial charge in [-0.25, -0.2) is 4.79 Å². The molecule has 1 saturated carbocycles. The van der Waals surface area contributed by atoms with Crippen LogP contribution in [0.25, 0.3) is 0 Å². The second-order valence-electron chi connectivity index (χ2n) is 8.41. The van der Waals surface area contributed by atoms with Gasteiger partial charge in [0.05, 0.1) is 18.6 Å². The molecule has 2 aromatic carbocycles. The van der Waals surface area contributed by atoms with Gasteiger partial charge in [0.2, 0.25) is 5.91 Å². The van der Waals surface area contributed by atoms with Crippen molar-refractivity contribution >= 4 is 23.5 Å². The summed E-state index contributed by atoms with van der Waals surface area (Å²) < 4.78 is 4.80. The number of anilines is 1. The molecule has 2 atom stereocenters. The topological polar surface area (TPSA) is 75.7 Å². The van der Waals surface area contributed by atoms with Crippen LogP contribution in [-0.4, -0.2) is 36.5 Å². The van der Waals surface area contributed by atoms with Gasteiger partial charge in [0, 0.05) is 11.3 Å². The summed E-state index contributed by atoms with van der Waals surface area (Å²) in [4.78, 5) is 41.3. The minimum Gasteiger partial charge on any atom is -0.467 e. The third kappa shape index (κ3) is 3.60. The van der Waals surface area contributed by atoms with E-state index >= 15 is 0 Å². The lowest BCUT2D eigenvalue weighted by Gasteiger charge is -2.53. The van der Waals surface area contributed by atoms with Crippen molar-refractivity contribution in [2.75, 3.05) is 12.0 Å². The van der Waals surface area contributed by atoms with Gasteiger partial charge in [-0.15, -0.1) is 0 Å². The van der Waals surface area contributed by atoms with Crippen molar-refractivity contribution in [1.29, 1.82) is 0 Å². The molecule has 6 heteroatoms. The number of hydrogen-bond acceptors (Lipinski definition) is 4. The minimum atomic E-state index is -0.770. The standard InChI is InChI=1S/C25H28N2O4/c1-17(24(30)31-2)26-22(28)21-19-13-7-8-14-20(19)23(29)27(18-11-5-3-6-12-18)25(21)15-9-4-10-16-25/h3,5-8,11-14,17,21H,4,9-10,15-16H2,1-2H3,(H,26,28)/t17-,21?/m1/s1. The molecule has 0 radical (unpaired) electrons. The molecule has 2 amide bonds. The van der Waals surface area contributed by atoms with Gasteiger partial charge in [-0.05, 0) is 43.5 Å². The molecule has 0 aromatic heterocycles. The summed E-state index contributed by atoms with van der Waals surface area (Å²) in [6.07, 6.45) is 4.41. The second kappa shape index (κ2) is 8.53. The Bertz CT molecular complexity index is 982. The van der Waals surface area contributed by atoms with E-state index in [-0.39, 0.29) is 11.8 Å². The SMILES string of the molecule is COC(=O)[C@@H](C)NC(=O)C1c2ccccc2C(=O)N(c2ccccc2)C12CCCCC2. The summed E-state index contributed by atoms with van der Waals surface area (Å²) in [6.45, 7) is 1.62. The zero-order chi connectivity index (χ0) is 22.0. The molecule has 6 nitrogen and oxygen atoms in total. The molecule has 1 aliphatic carbocycles. The maximum Gasteiger partial charge on any atom is 0.328 e. The third-order valence-corrected chi connectivity index (χ3v) is 6.60. The zero-order valence-corrected chi connectivity index (χ0v) is 18.0. The molecule has 1 unspecified atom stereocenters. The first-order chi connectivity index (χ1) is 15.0. The van der Waals surface area contributed by atoms with E-state index in [2.05, 4.69) is 5.32 Å². The monoisotopic (exact) mass is 420 g/mol. The first-order valence-electron chi connectivity index (χ1n) is 10.9. The second-order valence-corrected chi connectivity index (χ2v) is 8.41. The van der Waals surface area contributed by atoms with E-state index in [0.29, 0.717) is 5.56 Å². The molecule has 0 saturated heterocycles. The van der Waals surface area contributed by atoms with Crippen molar-refractivity contribution < 1.29 is 19.1 Å². The molecule has 1 heterocycles. The summed E-state index contributed by atoms with van der Waals surface area (Å²) >= 11 is 0. The number of ether oxygens (including phenoxy) is 1. The fourth-order valence-corrected chi connectivity index (χ4v) is 5.23. The largest absolute Gasteiger partial charge is 0.467 e. The van der Waals surface area contributed by atoms with Crippen molar-refractivity contribution in [2.24, 2.45) is 0 Å². The Morgan fingerprint density at radius 2 is 1.68 bits per heavy atom. The fraction of sp³-hybridized carbons (Fsp3) is 0.400. The van der Waals surface area contributed by atoms with Gasteiger partial charge in [0.1, 0.15) is 6.04 Å². The molecular formula is C25H28N2O4. The van der Waals surface area contributed by atoms with Gasteiger partial charge in [-0.1, -0.05) is 55.7 Å². The van der Waals surface area contributed by atoms with Gasteiger partial charge in [-0.3, -0.25) is 9.59 Å². The highest BCUT2D eigenvalue weighted by molar-refractivity contribution is 6.12. The Morgan fingerprint density at radius 3 is 2.35 bits per heavy atom. The van der Waals surface area contributed by atoms with Crippen LogP contribution in [0, 0.1) is 0 Å². The Morgan fingerprint density at radius 1 is 1.03 bits per heavy atom. The summed E-state index contributed by atoms with van der Waals surface area (Å²) in [5, 5.41) is 2.85. The lowest BCUT2D eigenvalue weighted by molar-refractivity contribution is -0.145. The van der Waals surface area contributed by atoms with Crippen molar-refractivity contribution in [3.05, 3.63) is 65.7 Å². The van der Waals surface area contributed by atoms with E-state index < -0.39 is 23.5 Å². The Labute approximate surface area is 182 Å². The van der Waals surface area contributed by atoms with E-state index in [1.165, 1.54) is 7.11 Å². The predicted molar refractivity (Wildman–Crippen MR) is 118 cm³/mol. The Balaban J connectivity index is 1.87. The van der Waals surface area contributed by atoms with Crippen molar-refractivity contribution in [3.63, 3.8) is 0 Å². The lowest BCUT2D eigenvalue weighted by atomic mass is 9.65. The van der Waals surface area contributed by atoms with Crippen LogP contribution in [-0.2, 0) is 14.3 Å². The van der Waals surface area contributed by atoms with Crippen molar-refractivity contribution in [2.45, 2.75) is 56.5 Å². The first-order valence-corrected chi connectivity index (χ1v) is 10.9. The average Bonchev–Trinajstić information content (AvgIpc) is 2.80. The Kier molecular flexibility index (Phi) is 5.81. The zero-order valence-electron chi connectivity index (χ0n) is 18.0. The average molecular weight is 421 g/mol. The van der Waals surface area contributed by atoms with Crippen LogP contribution < -0.4 is 10.2 Å². The highest BCUT2D eigenvalue weighted by Crippen LogP contribution is 2.50. The number of benzene rings is 2. The van der Waals surface area contributed by atoms with E-state index in [1.54, 1.807) is 13.0 Å². The quantitative estimate of drug-likeness (QED) is 0.763. The summed E-state index contributed by atoms with van der Waals surface area (Å²) in [5.41, 5.74) is 1.39. The minimum absolute atomic E-state index is 0.0752. The molecule has 2 aliphatic rings. The van der Waals surface area contributed by atoms with Gasteiger partial charge < -0.3 is 15.0 Å². The van der Waals surface area contributed by atoms with Crippen LogP contribution in [0.3, 0.4) is 0 Å². The maximum atomic E-state index is 13.8. The molecule has 1 fully saturated rings. The third-order valence-electron chi connectivity index (χ3n) is 6.60. The molecule has 1 N–H and O–H groups in total. The molecular weight excluding hydrogens is 392 g/mol. The molecule has 4 rings (SSSR count). The molecule has 162 valence electrons. The number of rotatable bonds is 4. The number of nitrogens with zero attached hydrogens (tertiary/aromatic N) is 1. The molecule has 2 aromatic rings. The number of hydrogen-bond donors (Lipinski definition) is 1. The highest BCUT2D eigenvalue weighted by Gasteiger charge is 2.55. The lowest BCUT2D eigenvalue weighted by Crippen LogP contribution is -2.63. The number of para-hydroxylation sites is 1. The number of fused-ring (bicyclic) bond motifs is 1. The number of nitrogens with one attached hydrogen (secondary N) is 1. The molecule has 0 bridgehead atoms. The number of methoxy groups -OCH3 is 1. The van der Waals surface area contributed by atoms with Crippen molar-refractivity contribution in [3.8, 4) is 0 Å². The van der Waals surface area contributed by atoms with Crippen molar-refractivity contribution in [1.82, 2.24) is 5.32 Å². The predicted octanol–water partition coefficient (Wildman–Crippen LogP) is 3.81. The van der Waals surface area contributed by atoms with Crippen LogP contribution in [0.15, 0.2) is 54.6 Å². The summed E-state index contributed by atoms with van der Waals surface area (Å²) in [7, 11) is 1.30. The van der Waals surface area contributed by atoms with Crippen LogP contribution >= 0.6 is 0 Å². The smallest absolute Gasteiger partial charge is 0.328 e. The molecule has 31 heavy (non-hydrogen) atoms. The number of carbonyl (C=O) groups is 3. The van der Waals surface area contributed by atoms with Crippen LogP contribution in [0.4, 0.5) is 5.69 Å². The number of esters is 1. The fourth-order valence-electron chi connectivity index (χ4n) is 5.23. The van der Waals surface area contributed by atoms with E-state index in [4.69, 9.17) is 4.74 Å². The Hall–Kier alpha value is -3.15. The first kappa shape index (κ1) is 21.1. The summed E-state index contributed by atoms with van der Waals surface area (Å²) in [6, 6.07) is 16.2. The van der Waals surface area contributed by atoms with Gasteiger partial charge in [0.25, 0.3) is 5.91 Å². The number of carbonyl (C=O) groups excluding carboxylic acids is 3. The van der Waals surface area contributed by atoms with Gasteiger partial charge in [-0.2, -0.15) is 0 Å². The molecule has 1 spiro atoms. The van der Waals surface area contributed by atoms with E-state index in [1.807, 2.05) is 53.4 Å². The summed E-state index contributed by atoms with van der Waals surface area (Å²) in [5.74, 6) is -1.39. The van der Waals surface area contributed by atoms with E-state index in [0.717, 1.165) is 43.4 Å². The van der Waals surface area contributed by atoms with Gasteiger partial charge >= 0.3 is 5.97 Å². The molecule has 1 aliphatic heterocycles. The van der Waals surface area contributed by atoms with Crippen LogP contribution in [0.2, 0.25) is 0 Å². The highest BCUT2D eigenvalue weighted by atomic mass is 16.5.